The zero-order valence-corrected chi connectivity index (χ0v) is 12.1. The molecule has 17 heavy (non-hydrogen) atoms. The van der Waals surface area contributed by atoms with Crippen LogP contribution in [0.15, 0.2) is 27.6 Å². The zero-order chi connectivity index (χ0) is 12.6. The summed E-state index contributed by atoms with van der Waals surface area (Å²) >= 11 is 9.20. The van der Waals surface area contributed by atoms with E-state index in [2.05, 4.69) is 15.9 Å². The second-order valence-electron chi connectivity index (χ2n) is 3.90. The number of sulfonamides is 1. The maximum absolute atomic E-state index is 12.3. The van der Waals surface area contributed by atoms with Gasteiger partial charge in [-0.1, -0.05) is 27.5 Å². The fourth-order valence-electron chi connectivity index (χ4n) is 1.88. The van der Waals surface area contributed by atoms with E-state index in [9.17, 15) is 8.42 Å². The van der Waals surface area contributed by atoms with Crippen molar-refractivity contribution in [2.24, 2.45) is 5.73 Å². The summed E-state index contributed by atoms with van der Waals surface area (Å²) < 4.78 is 26.7. The summed E-state index contributed by atoms with van der Waals surface area (Å²) in [5, 5.41) is 0.207. The van der Waals surface area contributed by atoms with Crippen molar-refractivity contribution in [1.82, 2.24) is 4.31 Å². The molecule has 0 bridgehead atoms. The molecular weight excluding hydrogens is 328 g/mol. The maximum atomic E-state index is 12.3. The summed E-state index contributed by atoms with van der Waals surface area (Å²) in [7, 11) is -3.58. The fourth-order valence-corrected chi connectivity index (χ4v) is 4.47. The highest BCUT2D eigenvalue weighted by Gasteiger charge is 2.34. The van der Waals surface area contributed by atoms with Gasteiger partial charge in [0.1, 0.15) is 4.90 Å². The van der Waals surface area contributed by atoms with Crippen molar-refractivity contribution in [2.75, 3.05) is 6.54 Å². The molecule has 1 fully saturated rings. The predicted octanol–water partition coefficient (Wildman–Crippen LogP) is 2.17. The number of hydrogen-bond donors (Lipinski definition) is 1. The molecule has 0 radical (unpaired) electrons. The molecule has 7 heteroatoms. The van der Waals surface area contributed by atoms with Crippen molar-refractivity contribution < 1.29 is 8.42 Å². The van der Waals surface area contributed by atoms with Gasteiger partial charge in [0.05, 0.1) is 11.2 Å². The van der Waals surface area contributed by atoms with Gasteiger partial charge in [0.15, 0.2) is 0 Å². The number of hydrogen-bond acceptors (Lipinski definition) is 3. The first-order valence-corrected chi connectivity index (χ1v) is 7.76. The van der Waals surface area contributed by atoms with Crippen LogP contribution in [0, 0.1) is 0 Å². The molecule has 0 amide bonds. The molecule has 2 N–H and O–H groups in total. The van der Waals surface area contributed by atoms with Gasteiger partial charge in [-0.15, -0.1) is 0 Å². The largest absolute Gasteiger partial charge is 0.315 e. The Hall–Kier alpha value is -0.140. The molecular formula is C10H12BrClN2O2S. The van der Waals surface area contributed by atoms with Crippen LogP contribution in [0.5, 0.6) is 0 Å². The summed E-state index contributed by atoms with van der Waals surface area (Å²) in [5.74, 6) is 0. The van der Waals surface area contributed by atoms with Crippen molar-refractivity contribution in [1.29, 1.82) is 0 Å². The highest BCUT2D eigenvalue weighted by molar-refractivity contribution is 9.10. The van der Waals surface area contributed by atoms with Crippen molar-refractivity contribution >= 4 is 37.6 Å². The molecule has 1 atom stereocenters. The summed E-state index contributed by atoms with van der Waals surface area (Å²) in [6, 6.07) is 4.71. The van der Waals surface area contributed by atoms with E-state index in [4.69, 9.17) is 17.3 Å². The molecule has 1 saturated heterocycles. The Labute approximate surface area is 114 Å². The van der Waals surface area contributed by atoms with Crippen LogP contribution >= 0.6 is 27.5 Å². The van der Waals surface area contributed by atoms with E-state index in [0.717, 1.165) is 10.9 Å². The van der Waals surface area contributed by atoms with Gasteiger partial charge in [-0.25, -0.2) is 8.42 Å². The van der Waals surface area contributed by atoms with Crippen molar-refractivity contribution in [3.05, 3.63) is 27.7 Å². The maximum Gasteiger partial charge on any atom is 0.245 e. The second kappa shape index (κ2) is 4.85. The Morgan fingerprint density at radius 3 is 2.71 bits per heavy atom. The van der Waals surface area contributed by atoms with Crippen LogP contribution < -0.4 is 5.73 Å². The molecule has 0 saturated carbocycles. The number of halogens is 2. The smallest absolute Gasteiger partial charge is 0.245 e. The predicted molar refractivity (Wildman–Crippen MR) is 70.3 cm³/mol. The monoisotopic (exact) mass is 338 g/mol. The molecule has 1 aliphatic rings. The van der Waals surface area contributed by atoms with Gasteiger partial charge >= 0.3 is 0 Å². The highest BCUT2D eigenvalue weighted by Crippen LogP contribution is 2.30. The SMILES string of the molecule is NC1CCCN1S(=O)(=O)c1ccc(Br)cc1Cl. The first kappa shape index (κ1) is 13.3. The Bertz CT molecular complexity index is 535. The average Bonchev–Trinajstić information content (AvgIpc) is 2.64. The topological polar surface area (TPSA) is 63.4 Å². The van der Waals surface area contributed by atoms with Crippen LogP contribution in [0.4, 0.5) is 0 Å². The Kier molecular flexibility index (Phi) is 3.80. The van der Waals surface area contributed by atoms with Crippen LogP contribution in [0.25, 0.3) is 0 Å². The van der Waals surface area contributed by atoms with E-state index in [1.165, 1.54) is 10.4 Å². The fraction of sp³-hybridized carbons (Fsp3) is 0.400. The van der Waals surface area contributed by atoms with E-state index in [1.807, 2.05) is 0 Å². The summed E-state index contributed by atoms with van der Waals surface area (Å²) in [5.41, 5.74) is 5.78. The van der Waals surface area contributed by atoms with Gasteiger partial charge in [-0.3, -0.25) is 0 Å². The minimum atomic E-state index is -3.58. The summed E-state index contributed by atoms with van der Waals surface area (Å²) in [6.45, 7) is 0.454. The van der Waals surface area contributed by atoms with E-state index < -0.39 is 16.2 Å². The third-order valence-corrected chi connectivity index (χ3v) is 5.63. The van der Waals surface area contributed by atoms with Gasteiger partial charge in [0, 0.05) is 11.0 Å². The summed E-state index contributed by atoms with van der Waals surface area (Å²) in [4.78, 5) is 0.111. The molecule has 94 valence electrons. The van der Waals surface area contributed by atoms with Crippen LogP contribution in [-0.2, 0) is 10.0 Å². The van der Waals surface area contributed by atoms with E-state index in [1.54, 1.807) is 12.1 Å². The number of nitrogens with zero attached hydrogens (tertiary/aromatic N) is 1. The molecule has 2 rings (SSSR count). The van der Waals surface area contributed by atoms with Gasteiger partial charge in [-0.2, -0.15) is 4.31 Å². The molecule has 1 aliphatic heterocycles. The van der Waals surface area contributed by atoms with Crippen molar-refractivity contribution in [3.63, 3.8) is 0 Å². The van der Waals surface area contributed by atoms with Crippen LogP contribution in [-0.4, -0.2) is 25.4 Å². The third-order valence-electron chi connectivity index (χ3n) is 2.73. The first-order chi connectivity index (χ1) is 7.93. The number of benzene rings is 1. The Morgan fingerprint density at radius 1 is 1.47 bits per heavy atom. The molecule has 0 aromatic heterocycles. The molecule has 4 nitrogen and oxygen atoms in total. The van der Waals surface area contributed by atoms with Crippen LogP contribution in [0.3, 0.4) is 0 Å². The lowest BCUT2D eigenvalue weighted by Crippen LogP contribution is -2.40. The quantitative estimate of drug-likeness (QED) is 0.898. The molecule has 1 aromatic carbocycles. The normalized spacial score (nSPS) is 21.9. The van der Waals surface area contributed by atoms with Gasteiger partial charge in [0.25, 0.3) is 0 Å². The van der Waals surface area contributed by atoms with Crippen molar-refractivity contribution in [2.45, 2.75) is 23.9 Å². The minimum absolute atomic E-state index is 0.111. The first-order valence-electron chi connectivity index (χ1n) is 5.15. The van der Waals surface area contributed by atoms with Crippen LogP contribution in [0.2, 0.25) is 5.02 Å². The Balaban J connectivity index is 2.44. The minimum Gasteiger partial charge on any atom is -0.315 e. The second-order valence-corrected chi connectivity index (χ2v) is 7.08. The lowest BCUT2D eigenvalue weighted by Gasteiger charge is -2.21. The Morgan fingerprint density at radius 2 is 2.18 bits per heavy atom. The third kappa shape index (κ3) is 2.51. The molecule has 1 unspecified atom stereocenters. The lowest BCUT2D eigenvalue weighted by atomic mass is 10.3. The van der Waals surface area contributed by atoms with Crippen molar-refractivity contribution in [3.8, 4) is 0 Å². The molecule has 0 aliphatic carbocycles. The van der Waals surface area contributed by atoms with Gasteiger partial charge < -0.3 is 5.73 Å². The van der Waals surface area contributed by atoms with E-state index in [0.29, 0.717) is 13.0 Å². The molecule has 0 spiro atoms. The highest BCUT2D eigenvalue weighted by atomic mass is 79.9. The average molecular weight is 340 g/mol. The molecule has 1 heterocycles. The zero-order valence-electron chi connectivity index (χ0n) is 8.94. The number of nitrogens with two attached hydrogens (primary N) is 1. The standard InChI is InChI=1S/C10H12BrClN2O2S/c11-7-3-4-9(8(12)6-7)17(15,16)14-5-1-2-10(14)13/h3-4,6,10H,1-2,5,13H2. The van der Waals surface area contributed by atoms with Gasteiger partial charge in [-0.05, 0) is 31.0 Å². The van der Waals surface area contributed by atoms with Crippen LogP contribution in [0.1, 0.15) is 12.8 Å². The molecule has 1 aromatic rings. The number of rotatable bonds is 2. The lowest BCUT2D eigenvalue weighted by molar-refractivity contribution is 0.396. The van der Waals surface area contributed by atoms with E-state index in [-0.39, 0.29) is 9.92 Å². The van der Waals surface area contributed by atoms with E-state index >= 15 is 0 Å². The summed E-state index contributed by atoms with van der Waals surface area (Å²) in [6.07, 6.45) is 1.03. The van der Waals surface area contributed by atoms with Gasteiger partial charge in [0.2, 0.25) is 10.0 Å².